The molecule has 1 saturated heterocycles. The Balaban J connectivity index is 1.17. The largest absolute Gasteiger partial charge is 0.341 e. The Bertz CT molecular complexity index is 1570. The van der Waals surface area contributed by atoms with Crippen molar-refractivity contribution in [3.8, 4) is 33.2 Å². The Morgan fingerprint density at radius 3 is 2.15 bits per heavy atom. The molecule has 0 unspecified atom stereocenters. The van der Waals surface area contributed by atoms with Gasteiger partial charge in [-0.15, -0.1) is 16.4 Å². The minimum Gasteiger partial charge on any atom is -0.341 e. The van der Waals surface area contributed by atoms with Crippen LogP contribution in [0.5, 0.6) is 0 Å². The summed E-state index contributed by atoms with van der Waals surface area (Å²) in [5, 5.41) is 5.68. The van der Waals surface area contributed by atoms with Crippen molar-refractivity contribution in [2.45, 2.75) is 25.3 Å². The molecule has 0 bridgehead atoms. The highest BCUT2D eigenvalue weighted by Gasteiger charge is 2.27. The van der Waals surface area contributed by atoms with Crippen LogP contribution in [-0.4, -0.2) is 43.6 Å². The van der Waals surface area contributed by atoms with Gasteiger partial charge in [-0.05, 0) is 66.9 Å². The van der Waals surface area contributed by atoms with Gasteiger partial charge in [-0.25, -0.2) is 23.4 Å². The number of nitrogens with zero attached hydrogens (tertiary/aromatic N) is 5. The summed E-state index contributed by atoms with van der Waals surface area (Å²) in [7, 11) is 0. The van der Waals surface area contributed by atoms with Gasteiger partial charge in [0.2, 0.25) is 5.91 Å². The van der Waals surface area contributed by atoms with Gasteiger partial charge in [0.15, 0.2) is 11.6 Å². The van der Waals surface area contributed by atoms with Crippen LogP contribution < -0.4 is 0 Å². The van der Waals surface area contributed by atoms with Crippen LogP contribution in [-0.2, 0) is 11.3 Å². The van der Waals surface area contributed by atoms with Crippen molar-refractivity contribution in [2.75, 3.05) is 13.1 Å². The van der Waals surface area contributed by atoms with Gasteiger partial charge >= 0.3 is 0 Å². The highest BCUT2D eigenvalue weighted by Crippen LogP contribution is 2.35. The molecule has 9 heteroatoms. The van der Waals surface area contributed by atoms with E-state index in [2.05, 4.69) is 27.2 Å². The molecule has 6 nitrogen and oxygen atoms in total. The summed E-state index contributed by atoms with van der Waals surface area (Å²) in [6.07, 6.45) is 3.63. The van der Waals surface area contributed by atoms with E-state index in [4.69, 9.17) is 0 Å². The molecule has 1 aliphatic heterocycles. The number of amides is 1. The topological polar surface area (TPSA) is 63.9 Å². The van der Waals surface area contributed by atoms with E-state index in [0.717, 1.165) is 22.7 Å². The summed E-state index contributed by atoms with van der Waals surface area (Å²) in [5.41, 5.74) is 2.44. The van der Waals surface area contributed by atoms with E-state index in [1.54, 1.807) is 40.3 Å². The summed E-state index contributed by atoms with van der Waals surface area (Å²) >= 11 is 1.72. The zero-order valence-corrected chi connectivity index (χ0v) is 21.8. The molecule has 0 aliphatic carbocycles. The van der Waals surface area contributed by atoms with Gasteiger partial charge in [-0.1, -0.05) is 30.3 Å². The number of carbonyl (C=O) groups excluding carboxylic acids is 1. The highest BCUT2D eigenvalue weighted by atomic mass is 32.1. The number of hydrogen-bond acceptors (Lipinski definition) is 5. The lowest BCUT2D eigenvalue weighted by atomic mass is 9.97. The van der Waals surface area contributed by atoms with Crippen LogP contribution >= 0.6 is 11.3 Å². The first kappa shape index (κ1) is 25.1. The second-order valence-electron chi connectivity index (χ2n) is 9.51. The van der Waals surface area contributed by atoms with Crippen molar-refractivity contribution >= 4 is 17.2 Å². The van der Waals surface area contributed by atoms with Crippen molar-refractivity contribution in [3.63, 3.8) is 0 Å². The van der Waals surface area contributed by atoms with Crippen molar-refractivity contribution in [2.24, 2.45) is 0 Å². The Kier molecular flexibility index (Phi) is 6.98. The molecule has 6 rings (SSSR count). The maximum Gasteiger partial charge on any atom is 0.244 e. The van der Waals surface area contributed by atoms with E-state index in [1.807, 2.05) is 29.3 Å². The Labute approximate surface area is 228 Å². The Morgan fingerprint density at radius 2 is 1.49 bits per heavy atom. The van der Waals surface area contributed by atoms with Crippen molar-refractivity contribution in [3.05, 3.63) is 102 Å². The van der Waals surface area contributed by atoms with E-state index >= 15 is 0 Å². The second-order valence-corrected chi connectivity index (χ2v) is 10.6. The fraction of sp³-hybridized carbons (Fsp3) is 0.200. The minimum absolute atomic E-state index is 0.000971. The highest BCUT2D eigenvalue weighted by molar-refractivity contribution is 7.15. The number of halogens is 2. The number of benzene rings is 3. The van der Waals surface area contributed by atoms with E-state index in [-0.39, 0.29) is 24.1 Å². The van der Waals surface area contributed by atoms with Crippen LogP contribution in [0.3, 0.4) is 0 Å². The Hall–Kier alpha value is -4.24. The number of likely N-dealkylation sites (tertiary alicyclic amines) is 1. The summed E-state index contributed by atoms with van der Waals surface area (Å²) < 4.78 is 28.6. The number of piperidine rings is 1. The van der Waals surface area contributed by atoms with E-state index < -0.39 is 0 Å². The molecule has 1 aliphatic rings. The molecule has 0 saturated carbocycles. The summed E-state index contributed by atoms with van der Waals surface area (Å²) in [4.78, 5) is 25.7. The molecule has 0 N–H and O–H groups in total. The number of hydrogen-bond donors (Lipinski definition) is 0. The fourth-order valence-electron chi connectivity index (χ4n) is 4.80. The molecule has 2 aromatic heterocycles. The predicted molar refractivity (Wildman–Crippen MR) is 147 cm³/mol. The van der Waals surface area contributed by atoms with E-state index in [1.165, 1.54) is 29.8 Å². The number of aromatic nitrogens is 4. The van der Waals surface area contributed by atoms with Crippen LogP contribution in [0.25, 0.3) is 33.2 Å². The van der Waals surface area contributed by atoms with Crippen LogP contribution in [0.2, 0.25) is 0 Å². The molecule has 0 spiro atoms. The molecule has 1 amide bonds. The molecule has 3 aromatic carbocycles. The lowest BCUT2D eigenvalue weighted by Gasteiger charge is -2.31. The first-order valence-corrected chi connectivity index (χ1v) is 13.6. The molecule has 39 heavy (non-hydrogen) atoms. The SMILES string of the molecule is O=C(Cn1nc(-c2ccc(F)cc2)nc1-c1ccc(F)cc1)N1CCC(c2ncc(-c3ccccc3)s2)CC1. The van der Waals surface area contributed by atoms with Gasteiger partial charge in [0.05, 0.1) is 9.88 Å². The maximum absolute atomic E-state index is 13.6. The van der Waals surface area contributed by atoms with Gasteiger partial charge in [0.1, 0.15) is 18.2 Å². The number of carbonyl (C=O) groups is 1. The molecular formula is C30H25F2N5OS. The normalized spacial score (nSPS) is 14.1. The first-order chi connectivity index (χ1) is 19.0. The van der Waals surface area contributed by atoms with E-state index in [9.17, 15) is 13.6 Å². The number of rotatable bonds is 6. The zero-order valence-electron chi connectivity index (χ0n) is 21.0. The number of thiazole rings is 1. The van der Waals surface area contributed by atoms with E-state index in [0.29, 0.717) is 41.8 Å². The molecular weight excluding hydrogens is 516 g/mol. The molecule has 5 aromatic rings. The monoisotopic (exact) mass is 541 g/mol. The molecule has 0 radical (unpaired) electrons. The van der Waals surface area contributed by atoms with Gasteiger partial charge in [0.25, 0.3) is 0 Å². The zero-order chi connectivity index (χ0) is 26.8. The molecule has 3 heterocycles. The summed E-state index contributed by atoms with van der Waals surface area (Å²) in [6, 6.07) is 22.0. The minimum atomic E-state index is -0.362. The smallest absolute Gasteiger partial charge is 0.244 e. The van der Waals surface area contributed by atoms with Gasteiger partial charge < -0.3 is 4.90 Å². The van der Waals surface area contributed by atoms with Crippen LogP contribution in [0, 0.1) is 11.6 Å². The van der Waals surface area contributed by atoms with Crippen molar-refractivity contribution < 1.29 is 13.6 Å². The van der Waals surface area contributed by atoms with Crippen molar-refractivity contribution in [1.82, 2.24) is 24.6 Å². The lowest BCUT2D eigenvalue weighted by molar-refractivity contribution is -0.133. The third-order valence-electron chi connectivity index (χ3n) is 6.94. The third-order valence-corrected chi connectivity index (χ3v) is 8.15. The molecule has 196 valence electrons. The lowest BCUT2D eigenvalue weighted by Crippen LogP contribution is -2.40. The van der Waals surface area contributed by atoms with Gasteiger partial charge in [0, 0.05) is 36.3 Å². The Morgan fingerprint density at radius 1 is 0.846 bits per heavy atom. The van der Waals surface area contributed by atoms with Gasteiger partial charge in [-0.2, -0.15) is 0 Å². The van der Waals surface area contributed by atoms with Crippen molar-refractivity contribution in [1.29, 1.82) is 0 Å². The average Bonchev–Trinajstić information content (AvgIpc) is 3.63. The van der Waals surface area contributed by atoms with Crippen LogP contribution in [0.1, 0.15) is 23.8 Å². The fourth-order valence-corrected chi connectivity index (χ4v) is 5.89. The van der Waals surface area contributed by atoms with Crippen LogP contribution in [0.4, 0.5) is 8.78 Å². The first-order valence-electron chi connectivity index (χ1n) is 12.8. The summed E-state index contributed by atoms with van der Waals surface area (Å²) in [6.45, 7) is 1.27. The molecule has 0 atom stereocenters. The average molecular weight is 542 g/mol. The van der Waals surface area contributed by atoms with Crippen LogP contribution in [0.15, 0.2) is 85.1 Å². The second kappa shape index (κ2) is 10.9. The quantitative estimate of drug-likeness (QED) is 0.249. The standard InChI is InChI=1S/C30H25F2N5OS/c31-24-10-6-21(7-11-24)28-34-29(22-8-12-25(32)13-9-22)37(35-28)19-27(38)36-16-14-23(15-17-36)30-33-18-26(39-30)20-4-2-1-3-5-20/h1-13,18,23H,14-17,19H2. The summed E-state index contributed by atoms with van der Waals surface area (Å²) in [5.74, 6) is 0.370. The molecule has 1 fully saturated rings. The predicted octanol–water partition coefficient (Wildman–Crippen LogP) is 6.42. The maximum atomic E-state index is 13.6. The van der Waals surface area contributed by atoms with Gasteiger partial charge in [-0.3, -0.25) is 4.79 Å². The third kappa shape index (κ3) is 5.49.